The van der Waals surface area contributed by atoms with Crippen molar-refractivity contribution in [1.29, 1.82) is 0 Å². The van der Waals surface area contributed by atoms with Gasteiger partial charge in [0.2, 0.25) is 5.95 Å². The summed E-state index contributed by atoms with van der Waals surface area (Å²) in [5.74, 6) is 0.279. The monoisotopic (exact) mass is 290 g/mol. The lowest BCUT2D eigenvalue weighted by atomic mass is 10.1. The highest BCUT2D eigenvalue weighted by Gasteiger charge is 2.12. The van der Waals surface area contributed by atoms with Gasteiger partial charge in [-0.25, -0.2) is 14.4 Å². The number of rotatable bonds is 1. The van der Waals surface area contributed by atoms with Crippen molar-refractivity contribution in [3.8, 4) is 0 Å². The number of nitrogens with zero attached hydrogens (tertiary/aromatic N) is 3. The van der Waals surface area contributed by atoms with Crippen LogP contribution in [0.15, 0.2) is 12.4 Å². The van der Waals surface area contributed by atoms with E-state index in [0.29, 0.717) is 5.95 Å². The molecule has 0 bridgehead atoms. The minimum absolute atomic E-state index is 0.167. The maximum absolute atomic E-state index is 12.5. The van der Waals surface area contributed by atoms with E-state index in [0.717, 1.165) is 13.1 Å². The van der Waals surface area contributed by atoms with E-state index in [4.69, 9.17) is 5.11 Å². The smallest absolute Gasteiger partial charge is 0.225 e. The molecule has 2 heterocycles. The number of aliphatic hydroxyl groups is 1. The first-order valence-electron chi connectivity index (χ1n) is 6.26. The number of piperidine rings is 1. The normalized spacial score (nSPS) is 14.2. The van der Waals surface area contributed by atoms with Crippen LogP contribution in [0.4, 0.5) is 10.3 Å². The van der Waals surface area contributed by atoms with Crippen LogP contribution in [0.1, 0.15) is 33.1 Å². The molecule has 1 aromatic rings. The molecule has 0 atom stereocenters. The number of aliphatic hydroxyl groups excluding tert-OH is 1. The molecule has 1 saturated heterocycles. The summed E-state index contributed by atoms with van der Waals surface area (Å²) < 4.78 is 12.5. The summed E-state index contributed by atoms with van der Waals surface area (Å²) in [7, 11) is 0. The van der Waals surface area contributed by atoms with Gasteiger partial charge in [0.25, 0.3) is 0 Å². The van der Waals surface area contributed by atoms with Gasteiger partial charge in [0.15, 0.2) is 5.82 Å². The molecule has 2 rings (SSSR count). The molecule has 0 radical (unpaired) electrons. The molecule has 0 amide bonds. The second-order valence-corrected chi connectivity index (χ2v) is 4.34. The fraction of sp³-hybridized carbons (Fsp3) is 0.667. The average Bonchev–Trinajstić information content (AvgIpc) is 2.42. The number of hydrogen-bond donors (Lipinski definition) is 3. The zero-order valence-corrected chi connectivity index (χ0v) is 12.4. The van der Waals surface area contributed by atoms with E-state index >= 15 is 0 Å². The van der Waals surface area contributed by atoms with Crippen molar-refractivity contribution in [1.82, 2.24) is 9.97 Å². The van der Waals surface area contributed by atoms with Gasteiger partial charge in [-0.15, -0.1) is 12.8 Å². The number of aromatic nitrogens is 2. The molecule has 1 fully saturated rings. The lowest BCUT2D eigenvalue weighted by molar-refractivity contribution is 0.216. The van der Waals surface area contributed by atoms with Gasteiger partial charge in [-0.05, 0) is 33.1 Å². The van der Waals surface area contributed by atoms with Gasteiger partial charge in [-0.2, -0.15) is 0 Å². The molecule has 7 heteroatoms. The predicted octanol–water partition coefficient (Wildman–Crippen LogP) is 1.78. The average molecular weight is 290 g/mol. The van der Waals surface area contributed by atoms with E-state index in [2.05, 4.69) is 32.8 Å². The Morgan fingerprint density at radius 2 is 1.63 bits per heavy atom. The molecule has 1 aromatic heterocycles. The first kappa shape index (κ1) is 18.1. The molecule has 1 aliphatic heterocycles. The van der Waals surface area contributed by atoms with Gasteiger partial charge in [-0.3, -0.25) is 5.14 Å². The van der Waals surface area contributed by atoms with E-state index < -0.39 is 0 Å². The van der Waals surface area contributed by atoms with Crippen molar-refractivity contribution < 1.29 is 9.50 Å². The molecule has 0 aliphatic carbocycles. The van der Waals surface area contributed by atoms with Gasteiger partial charge < -0.3 is 10.0 Å². The predicted molar refractivity (Wildman–Crippen MR) is 78.6 cm³/mol. The minimum Gasteiger partial charge on any atom is -0.394 e. The summed E-state index contributed by atoms with van der Waals surface area (Å²) in [5.41, 5.74) is 0. The number of anilines is 1. The van der Waals surface area contributed by atoms with E-state index in [1.54, 1.807) is 13.8 Å². The van der Waals surface area contributed by atoms with Crippen molar-refractivity contribution in [3.05, 3.63) is 18.2 Å². The van der Waals surface area contributed by atoms with Crippen LogP contribution in [0.5, 0.6) is 0 Å². The molecular weight excluding hydrogens is 267 g/mol. The van der Waals surface area contributed by atoms with Crippen LogP contribution < -0.4 is 10.0 Å². The van der Waals surface area contributed by atoms with Gasteiger partial charge in [0, 0.05) is 19.2 Å². The molecule has 19 heavy (non-hydrogen) atoms. The Kier molecular flexibility index (Phi) is 10.4. The molecule has 0 spiro atoms. The molecule has 3 N–H and O–H groups in total. The Bertz CT molecular complexity index is 315. The largest absolute Gasteiger partial charge is 0.394 e. The highest BCUT2D eigenvalue weighted by atomic mass is 32.1. The van der Waals surface area contributed by atoms with Crippen molar-refractivity contribution >= 4 is 18.8 Å². The molecule has 5 nitrogen and oxygen atoms in total. The van der Waals surface area contributed by atoms with Crippen molar-refractivity contribution in [3.63, 3.8) is 0 Å². The minimum atomic E-state index is -0.374. The Morgan fingerprint density at radius 3 is 2.05 bits per heavy atom. The number of nitrogens with two attached hydrogens (primary N) is 1. The zero-order valence-electron chi connectivity index (χ0n) is 11.5. The molecule has 0 saturated carbocycles. The SMILES string of the molecule is CC(C)O.Fc1cnc(N2CCCCC2)nc1.NS. The van der Waals surface area contributed by atoms with E-state index in [1.807, 2.05) is 0 Å². The topological polar surface area (TPSA) is 75.3 Å². The van der Waals surface area contributed by atoms with Gasteiger partial charge in [0.05, 0.1) is 12.4 Å². The first-order valence-corrected chi connectivity index (χ1v) is 6.77. The van der Waals surface area contributed by atoms with E-state index in [9.17, 15) is 4.39 Å². The van der Waals surface area contributed by atoms with Crippen LogP contribution in [-0.2, 0) is 0 Å². The fourth-order valence-corrected chi connectivity index (χ4v) is 1.56. The summed E-state index contributed by atoms with van der Waals surface area (Å²) in [6.45, 7) is 5.43. The molecular formula is C12H23FN4OS. The molecule has 1 aliphatic rings. The first-order chi connectivity index (χ1) is 9.09. The van der Waals surface area contributed by atoms with Crippen LogP contribution >= 0.6 is 12.8 Å². The third-order valence-electron chi connectivity index (χ3n) is 2.25. The molecule has 110 valence electrons. The van der Waals surface area contributed by atoms with Crippen LogP contribution in [0.25, 0.3) is 0 Å². The summed E-state index contributed by atoms with van der Waals surface area (Å²) in [6.07, 6.45) is 5.91. The zero-order chi connectivity index (χ0) is 14.7. The highest BCUT2D eigenvalue weighted by Crippen LogP contribution is 2.14. The fourth-order valence-electron chi connectivity index (χ4n) is 1.56. The van der Waals surface area contributed by atoms with Crippen LogP contribution in [0.2, 0.25) is 0 Å². The summed E-state index contributed by atoms with van der Waals surface area (Å²) in [4.78, 5) is 9.98. The van der Waals surface area contributed by atoms with E-state index in [1.165, 1.54) is 31.7 Å². The summed E-state index contributed by atoms with van der Waals surface area (Å²) >= 11 is 3.03. The van der Waals surface area contributed by atoms with Crippen LogP contribution in [-0.4, -0.2) is 34.3 Å². The second kappa shape index (κ2) is 11.0. The van der Waals surface area contributed by atoms with Gasteiger partial charge >= 0.3 is 0 Å². The lowest BCUT2D eigenvalue weighted by Gasteiger charge is -2.26. The Hall–Kier alpha value is -0.920. The third kappa shape index (κ3) is 8.74. The second-order valence-electron chi connectivity index (χ2n) is 4.34. The number of thiol groups is 1. The van der Waals surface area contributed by atoms with Crippen LogP contribution in [0, 0.1) is 5.82 Å². The summed E-state index contributed by atoms with van der Waals surface area (Å²) in [5, 5.41) is 12.2. The lowest BCUT2D eigenvalue weighted by Crippen LogP contribution is -2.30. The molecule has 0 aromatic carbocycles. The Balaban J connectivity index is 0.000000467. The Labute approximate surface area is 119 Å². The maximum atomic E-state index is 12.5. The molecule has 0 unspecified atom stereocenters. The summed E-state index contributed by atoms with van der Waals surface area (Å²) in [6, 6.07) is 0. The quantitative estimate of drug-likeness (QED) is 0.688. The maximum Gasteiger partial charge on any atom is 0.225 e. The highest BCUT2D eigenvalue weighted by molar-refractivity contribution is 7.77. The van der Waals surface area contributed by atoms with Crippen LogP contribution in [0.3, 0.4) is 0 Å². The van der Waals surface area contributed by atoms with Crippen molar-refractivity contribution in [2.24, 2.45) is 5.14 Å². The van der Waals surface area contributed by atoms with Gasteiger partial charge in [0.1, 0.15) is 0 Å². The number of hydrogen-bond acceptors (Lipinski definition) is 6. The number of halogens is 1. The standard InChI is InChI=1S/C9H12FN3.C3H8O.H3NS/c10-8-6-11-9(12-7-8)13-4-2-1-3-5-13;1-3(2)4;1-2/h6-7H,1-5H2;3-4H,1-2H3;2H,1H2. The Morgan fingerprint density at radius 1 is 1.21 bits per heavy atom. The van der Waals surface area contributed by atoms with Gasteiger partial charge in [-0.1, -0.05) is 0 Å². The van der Waals surface area contributed by atoms with Crippen molar-refractivity contribution in [2.75, 3.05) is 18.0 Å². The third-order valence-corrected chi connectivity index (χ3v) is 2.25. The van der Waals surface area contributed by atoms with Crippen molar-refractivity contribution in [2.45, 2.75) is 39.2 Å². The van der Waals surface area contributed by atoms with E-state index in [-0.39, 0.29) is 11.9 Å².